The van der Waals surface area contributed by atoms with Crippen LogP contribution >= 0.6 is 24.8 Å². The molecule has 2 aliphatic rings. The van der Waals surface area contributed by atoms with Crippen molar-refractivity contribution < 1.29 is 8.78 Å². The maximum Gasteiger partial charge on any atom is 0.260 e. The summed E-state index contributed by atoms with van der Waals surface area (Å²) in [5.74, 6) is -1.94. The zero-order valence-electron chi connectivity index (χ0n) is 13.3. The van der Waals surface area contributed by atoms with E-state index < -0.39 is 5.92 Å². The highest BCUT2D eigenvalue weighted by Gasteiger charge is 2.35. The number of hydrogen-bond donors (Lipinski definition) is 1. The first-order valence-electron chi connectivity index (χ1n) is 8.03. The minimum atomic E-state index is -2.51. The zero-order valence-corrected chi connectivity index (χ0v) is 14.9. The highest BCUT2D eigenvalue weighted by Crippen LogP contribution is 2.31. The number of likely N-dealkylation sites (tertiary alicyclic amines) is 1. The normalized spacial score (nSPS) is 22.0. The molecule has 1 aromatic rings. The quantitative estimate of drug-likeness (QED) is 0.860. The van der Waals surface area contributed by atoms with Crippen LogP contribution in [0, 0.1) is 0 Å². The first kappa shape index (κ1) is 20.6. The maximum absolute atomic E-state index is 13.6. The topological polar surface area (TPSA) is 15.3 Å². The molecule has 0 unspecified atom stereocenters. The van der Waals surface area contributed by atoms with Crippen molar-refractivity contribution >= 4 is 24.8 Å². The molecule has 0 radical (unpaired) electrons. The van der Waals surface area contributed by atoms with Gasteiger partial charge in [0.15, 0.2) is 0 Å². The van der Waals surface area contributed by atoms with Gasteiger partial charge in [0.25, 0.3) is 5.92 Å². The standard InChI is InChI=1S/C17H24F2N2.2ClH/c18-17(19)8-3-11-21(13-17)12-15-4-1-2-5-16(15)14-6-9-20-10-7-14;;/h1-2,4-5,14,20H,3,6-13H2;2*1H. The van der Waals surface area contributed by atoms with Gasteiger partial charge >= 0.3 is 0 Å². The number of rotatable bonds is 3. The number of nitrogens with zero attached hydrogens (tertiary/aromatic N) is 1. The van der Waals surface area contributed by atoms with E-state index >= 15 is 0 Å². The van der Waals surface area contributed by atoms with Gasteiger partial charge in [-0.2, -0.15) is 0 Å². The Morgan fingerprint density at radius 1 is 1.13 bits per heavy atom. The molecule has 2 fully saturated rings. The van der Waals surface area contributed by atoms with Gasteiger partial charge < -0.3 is 5.32 Å². The van der Waals surface area contributed by atoms with Gasteiger partial charge in [-0.05, 0) is 55.9 Å². The lowest BCUT2D eigenvalue weighted by Crippen LogP contribution is -2.42. The van der Waals surface area contributed by atoms with Crippen molar-refractivity contribution in [3.05, 3.63) is 35.4 Å². The number of nitrogens with one attached hydrogen (secondary N) is 1. The predicted octanol–water partition coefficient (Wildman–Crippen LogP) is 4.23. The van der Waals surface area contributed by atoms with Crippen LogP contribution in [0.2, 0.25) is 0 Å². The van der Waals surface area contributed by atoms with E-state index in [1.807, 2.05) is 11.0 Å². The van der Waals surface area contributed by atoms with Crippen molar-refractivity contribution in [1.29, 1.82) is 0 Å². The lowest BCUT2D eigenvalue weighted by atomic mass is 9.87. The summed E-state index contributed by atoms with van der Waals surface area (Å²) < 4.78 is 27.1. The SMILES string of the molecule is Cl.Cl.FC1(F)CCCN(Cc2ccccc2C2CCNCC2)C1. The van der Waals surface area contributed by atoms with Gasteiger partial charge in [-0.15, -0.1) is 24.8 Å². The third-order valence-corrected chi connectivity index (χ3v) is 4.70. The minimum Gasteiger partial charge on any atom is -0.317 e. The van der Waals surface area contributed by atoms with E-state index in [-0.39, 0.29) is 37.8 Å². The molecule has 2 nitrogen and oxygen atoms in total. The molecule has 132 valence electrons. The fourth-order valence-corrected chi connectivity index (χ4v) is 3.63. The Hall–Kier alpha value is -0.420. The molecule has 0 amide bonds. The van der Waals surface area contributed by atoms with Gasteiger partial charge in [0.2, 0.25) is 0 Å². The van der Waals surface area contributed by atoms with Crippen LogP contribution in [0.3, 0.4) is 0 Å². The largest absolute Gasteiger partial charge is 0.317 e. The highest BCUT2D eigenvalue weighted by atomic mass is 35.5. The smallest absolute Gasteiger partial charge is 0.260 e. The average molecular weight is 367 g/mol. The van der Waals surface area contributed by atoms with Crippen molar-refractivity contribution in [1.82, 2.24) is 10.2 Å². The Balaban J connectivity index is 0.00000132. The Kier molecular flexibility index (Phi) is 8.22. The highest BCUT2D eigenvalue weighted by molar-refractivity contribution is 5.85. The Morgan fingerprint density at radius 3 is 2.52 bits per heavy atom. The lowest BCUT2D eigenvalue weighted by Gasteiger charge is -2.33. The van der Waals surface area contributed by atoms with Crippen molar-refractivity contribution in [2.45, 2.75) is 44.1 Å². The van der Waals surface area contributed by atoms with Crippen LogP contribution in [0.5, 0.6) is 0 Å². The Bertz CT molecular complexity index is 479. The average Bonchev–Trinajstić information content (AvgIpc) is 2.48. The molecule has 0 aromatic heterocycles. The molecule has 1 N–H and O–H groups in total. The molecule has 6 heteroatoms. The second kappa shape index (κ2) is 9.16. The number of benzene rings is 1. The maximum atomic E-state index is 13.6. The molecule has 2 aliphatic heterocycles. The van der Waals surface area contributed by atoms with E-state index in [9.17, 15) is 8.78 Å². The summed E-state index contributed by atoms with van der Waals surface area (Å²) in [6.45, 7) is 3.47. The molecule has 2 heterocycles. The van der Waals surface area contributed by atoms with Crippen molar-refractivity contribution in [2.24, 2.45) is 0 Å². The molecule has 2 saturated heterocycles. The molecule has 0 spiro atoms. The molecule has 0 aliphatic carbocycles. The number of hydrogen-bond acceptors (Lipinski definition) is 2. The van der Waals surface area contributed by atoms with E-state index in [1.54, 1.807) is 0 Å². The van der Waals surface area contributed by atoms with Crippen LogP contribution in [0.1, 0.15) is 42.7 Å². The molecule has 3 rings (SSSR count). The molecular formula is C17H26Cl2F2N2. The van der Waals surface area contributed by atoms with Gasteiger partial charge in [0.1, 0.15) is 0 Å². The van der Waals surface area contributed by atoms with E-state index in [0.717, 1.165) is 32.5 Å². The van der Waals surface area contributed by atoms with E-state index in [0.29, 0.717) is 18.9 Å². The van der Waals surface area contributed by atoms with Gasteiger partial charge in [-0.1, -0.05) is 24.3 Å². The van der Waals surface area contributed by atoms with E-state index in [1.165, 1.54) is 11.1 Å². The monoisotopic (exact) mass is 366 g/mol. The molecule has 1 aromatic carbocycles. The summed E-state index contributed by atoms with van der Waals surface area (Å²) in [7, 11) is 0. The van der Waals surface area contributed by atoms with Crippen molar-refractivity contribution in [2.75, 3.05) is 26.2 Å². The minimum absolute atomic E-state index is 0. The lowest BCUT2D eigenvalue weighted by molar-refractivity contribution is -0.0661. The van der Waals surface area contributed by atoms with Crippen molar-refractivity contribution in [3.63, 3.8) is 0 Å². The first-order valence-corrected chi connectivity index (χ1v) is 8.03. The summed E-state index contributed by atoms with van der Waals surface area (Å²) >= 11 is 0. The summed E-state index contributed by atoms with van der Waals surface area (Å²) in [6, 6.07) is 8.41. The second-order valence-corrected chi connectivity index (χ2v) is 6.39. The van der Waals surface area contributed by atoms with Gasteiger partial charge in [-0.3, -0.25) is 4.90 Å². The predicted molar refractivity (Wildman–Crippen MR) is 95.2 cm³/mol. The molecule has 0 saturated carbocycles. The summed E-state index contributed by atoms with van der Waals surface area (Å²) in [5.41, 5.74) is 2.61. The van der Waals surface area contributed by atoms with Gasteiger partial charge in [0, 0.05) is 13.0 Å². The van der Waals surface area contributed by atoms with Crippen LogP contribution in [-0.2, 0) is 6.54 Å². The molecular weight excluding hydrogens is 341 g/mol. The fourth-order valence-electron chi connectivity index (χ4n) is 3.63. The third-order valence-electron chi connectivity index (χ3n) is 4.70. The van der Waals surface area contributed by atoms with Crippen LogP contribution in [0.15, 0.2) is 24.3 Å². The number of halogens is 4. The fraction of sp³-hybridized carbons (Fsp3) is 0.647. The molecule has 0 atom stereocenters. The Morgan fingerprint density at radius 2 is 1.83 bits per heavy atom. The van der Waals surface area contributed by atoms with E-state index in [2.05, 4.69) is 23.5 Å². The van der Waals surface area contributed by atoms with Crippen LogP contribution in [0.4, 0.5) is 8.78 Å². The summed E-state index contributed by atoms with van der Waals surface area (Å²) in [5, 5.41) is 3.39. The van der Waals surface area contributed by atoms with Crippen LogP contribution in [-0.4, -0.2) is 37.0 Å². The summed E-state index contributed by atoms with van der Waals surface area (Å²) in [4.78, 5) is 1.92. The van der Waals surface area contributed by atoms with Gasteiger partial charge in [-0.25, -0.2) is 8.78 Å². The second-order valence-electron chi connectivity index (χ2n) is 6.39. The van der Waals surface area contributed by atoms with Crippen molar-refractivity contribution in [3.8, 4) is 0 Å². The summed E-state index contributed by atoms with van der Waals surface area (Å²) in [6.07, 6.45) is 2.93. The molecule has 23 heavy (non-hydrogen) atoms. The van der Waals surface area contributed by atoms with E-state index in [4.69, 9.17) is 0 Å². The number of piperidine rings is 2. The molecule has 0 bridgehead atoms. The Labute approximate surface area is 149 Å². The zero-order chi connectivity index (χ0) is 14.7. The van der Waals surface area contributed by atoms with Crippen LogP contribution in [0.25, 0.3) is 0 Å². The first-order chi connectivity index (χ1) is 10.1. The number of alkyl halides is 2. The van der Waals surface area contributed by atoms with Gasteiger partial charge in [0.05, 0.1) is 6.54 Å². The third kappa shape index (κ3) is 5.56. The van der Waals surface area contributed by atoms with Crippen LogP contribution < -0.4 is 5.32 Å².